The molecule has 5 heteroatoms. The second-order valence-corrected chi connectivity index (χ2v) is 6.21. The maximum atomic E-state index is 12.1. The second kappa shape index (κ2) is 7.96. The molecule has 0 aliphatic carbocycles. The maximum absolute atomic E-state index is 12.1. The minimum atomic E-state index is 0.234. The van der Waals surface area contributed by atoms with Crippen molar-refractivity contribution in [3.05, 3.63) is 0 Å². The van der Waals surface area contributed by atoms with Crippen molar-refractivity contribution in [3.63, 3.8) is 0 Å². The van der Waals surface area contributed by atoms with E-state index in [-0.39, 0.29) is 5.91 Å². The molecule has 0 aromatic carbocycles. The van der Waals surface area contributed by atoms with E-state index in [9.17, 15) is 4.79 Å². The summed E-state index contributed by atoms with van der Waals surface area (Å²) in [6, 6.07) is 0.363. The van der Waals surface area contributed by atoms with Crippen LogP contribution in [0.5, 0.6) is 0 Å². The predicted molar refractivity (Wildman–Crippen MR) is 79.7 cm³/mol. The molecule has 116 valence electrons. The number of amides is 1. The van der Waals surface area contributed by atoms with Crippen LogP contribution in [0, 0.1) is 0 Å². The van der Waals surface area contributed by atoms with Crippen LogP contribution >= 0.6 is 0 Å². The standard InChI is InChI=1S/C15H29N3O2/c1-13(2)16-11-15(19)18-7-4-6-17(8-9-18)12-14-5-3-10-20-14/h13-14,16H,3-12H2,1-2H3. The highest BCUT2D eigenvalue weighted by atomic mass is 16.5. The number of hydrogen-bond acceptors (Lipinski definition) is 4. The molecule has 2 aliphatic heterocycles. The molecule has 2 saturated heterocycles. The van der Waals surface area contributed by atoms with E-state index in [0.29, 0.717) is 18.7 Å². The van der Waals surface area contributed by atoms with E-state index in [1.807, 2.05) is 4.90 Å². The number of rotatable bonds is 5. The first-order valence-corrected chi connectivity index (χ1v) is 8.00. The normalized spacial score (nSPS) is 25.1. The predicted octanol–water partition coefficient (Wildman–Crippen LogP) is 0.698. The first kappa shape index (κ1) is 15.7. The van der Waals surface area contributed by atoms with Crippen molar-refractivity contribution < 1.29 is 9.53 Å². The Balaban J connectivity index is 1.72. The van der Waals surface area contributed by atoms with Crippen LogP contribution in [0.4, 0.5) is 0 Å². The first-order valence-electron chi connectivity index (χ1n) is 8.00. The van der Waals surface area contributed by atoms with Gasteiger partial charge >= 0.3 is 0 Å². The van der Waals surface area contributed by atoms with Gasteiger partial charge in [-0.1, -0.05) is 13.8 Å². The molecule has 1 amide bonds. The summed E-state index contributed by atoms with van der Waals surface area (Å²) in [4.78, 5) is 16.6. The van der Waals surface area contributed by atoms with E-state index >= 15 is 0 Å². The number of carbonyl (C=O) groups excluding carboxylic acids is 1. The number of ether oxygens (including phenoxy) is 1. The summed E-state index contributed by atoms with van der Waals surface area (Å²) < 4.78 is 5.70. The SMILES string of the molecule is CC(C)NCC(=O)N1CCCN(CC2CCCO2)CC1. The van der Waals surface area contributed by atoms with Gasteiger partial charge in [0.15, 0.2) is 0 Å². The Kier molecular flexibility index (Phi) is 6.26. The number of nitrogens with one attached hydrogen (secondary N) is 1. The molecule has 2 aliphatic rings. The second-order valence-electron chi connectivity index (χ2n) is 6.21. The Morgan fingerprint density at radius 1 is 1.25 bits per heavy atom. The lowest BCUT2D eigenvalue weighted by Crippen LogP contribution is -2.42. The quantitative estimate of drug-likeness (QED) is 0.807. The van der Waals surface area contributed by atoms with Crippen LogP contribution in [-0.2, 0) is 9.53 Å². The fraction of sp³-hybridized carbons (Fsp3) is 0.933. The Bertz CT molecular complexity index is 303. The van der Waals surface area contributed by atoms with Gasteiger partial charge < -0.3 is 15.0 Å². The third kappa shape index (κ3) is 5.04. The number of hydrogen-bond donors (Lipinski definition) is 1. The first-order chi connectivity index (χ1) is 9.65. The molecule has 0 aromatic heterocycles. The van der Waals surface area contributed by atoms with Crippen LogP contribution in [0.1, 0.15) is 33.1 Å². The van der Waals surface area contributed by atoms with Gasteiger partial charge in [-0.25, -0.2) is 0 Å². The zero-order valence-corrected chi connectivity index (χ0v) is 12.9. The Morgan fingerprint density at radius 3 is 2.80 bits per heavy atom. The Hall–Kier alpha value is -0.650. The average molecular weight is 283 g/mol. The fourth-order valence-corrected chi connectivity index (χ4v) is 2.88. The summed E-state index contributed by atoms with van der Waals surface area (Å²) in [5, 5.41) is 3.21. The van der Waals surface area contributed by atoms with Gasteiger partial charge in [0, 0.05) is 38.8 Å². The average Bonchev–Trinajstić information content (AvgIpc) is 2.81. The largest absolute Gasteiger partial charge is 0.377 e. The van der Waals surface area contributed by atoms with Gasteiger partial charge in [0.25, 0.3) is 0 Å². The van der Waals surface area contributed by atoms with Crippen molar-refractivity contribution in [1.82, 2.24) is 15.1 Å². The van der Waals surface area contributed by atoms with Gasteiger partial charge in [-0.3, -0.25) is 9.69 Å². The van der Waals surface area contributed by atoms with Crippen LogP contribution in [0.3, 0.4) is 0 Å². The molecule has 0 radical (unpaired) electrons. The van der Waals surface area contributed by atoms with Gasteiger partial charge in [-0.15, -0.1) is 0 Å². The van der Waals surface area contributed by atoms with Crippen LogP contribution in [0.25, 0.3) is 0 Å². The molecule has 2 fully saturated rings. The molecule has 0 aromatic rings. The van der Waals surface area contributed by atoms with Crippen molar-refractivity contribution in [2.45, 2.75) is 45.3 Å². The molecule has 5 nitrogen and oxygen atoms in total. The summed E-state index contributed by atoms with van der Waals surface area (Å²) >= 11 is 0. The van der Waals surface area contributed by atoms with Gasteiger partial charge in [0.1, 0.15) is 0 Å². The summed E-state index contributed by atoms with van der Waals surface area (Å²) in [6.07, 6.45) is 3.88. The fourth-order valence-electron chi connectivity index (χ4n) is 2.88. The highest BCUT2D eigenvalue weighted by molar-refractivity contribution is 5.78. The van der Waals surface area contributed by atoms with Crippen molar-refractivity contribution in [2.75, 3.05) is 45.9 Å². The van der Waals surface area contributed by atoms with Crippen LogP contribution in [0.15, 0.2) is 0 Å². The van der Waals surface area contributed by atoms with E-state index in [2.05, 4.69) is 24.1 Å². The van der Waals surface area contributed by atoms with E-state index in [1.165, 1.54) is 12.8 Å². The summed E-state index contributed by atoms with van der Waals surface area (Å²) in [6.45, 7) is 10.4. The van der Waals surface area contributed by atoms with E-state index in [4.69, 9.17) is 4.74 Å². The summed E-state index contributed by atoms with van der Waals surface area (Å²) in [7, 11) is 0. The molecule has 0 saturated carbocycles. The highest BCUT2D eigenvalue weighted by Crippen LogP contribution is 2.14. The van der Waals surface area contributed by atoms with Crippen LogP contribution < -0.4 is 5.32 Å². The van der Waals surface area contributed by atoms with Gasteiger partial charge in [0.2, 0.25) is 5.91 Å². The van der Waals surface area contributed by atoms with E-state index in [1.54, 1.807) is 0 Å². The molecule has 2 heterocycles. The molecule has 1 unspecified atom stereocenters. The number of nitrogens with zero attached hydrogens (tertiary/aromatic N) is 2. The lowest BCUT2D eigenvalue weighted by atomic mass is 10.2. The van der Waals surface area contributed by atoms with Crippen LogP contribution in [0.2, 0.25) is 0 Å². The van der Waals surface area contributed by atoms with Crippen molar-refractivity contribution >= 4 is 5.91 Å². The Labute approximate surface area is 122 Å². The monoisotopic (exact) mass is 283 g/mol. The lowest BCUT2D eigenvalue weighted by molar-refractivity contribution is -0.130. The molecular formula is C15H29N3O2. The van der Waals surface area contributed by atoms with E-state index in [0.717, 1.165) is 45.8 Å². The van der Waals surface area contributed by atoms with Crippen LogP contribution in [-0.4, -0.2) is 73.7 Å². The van der Waals surface area contributed by atoms with Crippen molar-refractivity contribution in [1.29, 1.82) is 0 Å². The zero-order valence-electron chi connectivity index (χ0n) is 12.9. The molecular weight excluding hydrogens is 254 g/mol. The van der Waals surface area contributed by atoms with Gasteiger partial charge in [0.05, 0.1) is 12.6 Å². The smallest absolute Gasteiger partial charge is 0.236 e. The molecule has 2 rings (SSSR count). The maximum Gasteiger partial charge on any atom is 0.236 e. The third-order valence-corrected chi connectivity index (χ3v) is 4.09. The lowest BCUT2D eigenvalue weighted by Gasteiger charge is -2.24. The highest BCUT2D eigenvalue weighted by Gasteiger charge is 2.23. The minimum Gasteiger partial charge on any atom is -0.377 e. The van der Waals surface area contributed by atoms with E-state index < -0.39 is 0 Å². The van der Waals surface area contributed by atoms with Crippen molar-refractivity contribution in [2.24, 2.45) is 0 Å². The minimum absolute atomic E-state index is 0.234. The van der Waals surface area contributed by atoms with Crippen molar-refractivity contribution in [3.8, 4) is 0 Å². The Morgan fingerprint density at radius 2 is 2.10 bits per heavy atom. The topological polar surface area (TPSA) is 44.8 Å². The molecule has 1 N–H and O–H groups in total. The molecule has 0 spiro atoms. The third-order valence-electron chi connectivity index (χ3n) is 4.09. The van der Waals surface area contributed by atoms with Gasteiger partial charge in [-0.2, -0.15) is 0 Å². The molecule has 20 heavy (non-hydrogen) atoms. The molecule has 0 bridgehead atoms. The number of carbonyl (C=O) groups is 1. The summed E-state index contributed by atoms with van der Waals surface area (Å²) in [5.74, 6) is 0.234. The van der Waals surface area contributed by atoms with Gasteiger partial charge in [-0.05, 0) is 25.8 Å². The molecule has 1 atom stereocenters. The summed E-state index contributed by atoms with van der Waals surface area (Å²) in [5.41, 5.74) is 0. The zero-order chi connectivity index (χ0) is 14.4.